The molecular weight excluding hydrogens is 395 g/mol. The number of aromatic amines is 1. The number of thioether (sulfide) groups is 1. The Hall–Kier alpha value is -2.07. The van der Waals surface area contributed by atoms with Crippen LogP contribution in [0.4, 0.5) is 13.2 Å². The summed E-state index contributed by atoms with van der Waals surface area (Å²) < 4.78 is 31.7. The number of carboxylic acid groups (broad SMARTS) is 1. The molecule has 2 aromatic rings. The van der Waals surface area contributed by atoms with Crippen molar-refractivity contribution in [3.8, 4) is 0 Å². The van der Waals surface area contributed by atoms with Crippen LogP contribution in [0.5, 0.6) is 0 Å². The van der Waals surface area contributed by atoms with Gasteiger partial charge in [-0.15, -0.1) is 0 Å². The van der Waals surface area contributed by atoms with Crippen LogP contribution in [0.2, 0.25) is 0 Å². The summed E-state index contributed by atoms with van der Waals surface area (Å²) in [5, 5.41) is 8.44. The molecule has 6 nitrogen and oxygen atoms in total. The number of H-pyrrole nitrogens is 1. The van der Waals surface area contributed by atoms with Crippen molar-refractivity contribution in [2.24, 2.45) is 5.73 Å². The van der Waals surface area contributed by atoms with E-state index in [1.54, 1.807) is 0 Å². The van der Waals surface area contributed by atoms with Gasteiger partial charge in [-0.3, -0.25) is 4.79 Å². The van der Waals surface area contributed by atoms with Gasteiger partial charge in [0.25, 0.3) is 5.56 Å². The van der Waals surface area contributed by atoms with E-state index in [-0.39, 0.29) is 5.56 Å². The van der Waals surface area contributed by atoms with Gasteiger partial charge in [0.15, 0.2) is 0 Å². The van der Waals surface area contributed by atoms with Crippen LogP contribution in [0.3, 0.4) is 0 Å². The monoisotopic (exact) mass is 417 g/mol. The first kappa shape index (κ1) is 22.2. The van der Waals surface area contributed by atoms with E-state index < -0.39 is 12.1 Å². The summed E-state index contributed by atoms with van der Waals surface area (Å²) in [6, 6.07) is 6.10. The number of aromatic nitrogens is 2. The number of hydrogen-bond donors (Lipinski definition) is 3. The van der Waals surface area contributed by atoms with Crippen molar-refractivity contribution in [3.63, 3.8) is 0 Å². The molecule has 0 bridgehead atoms. The lowest BCUT2D eigenvalue weighted by atomic mass is 9.96. The minimum atomic E-state index is -5.08. The zero-order valence-corrected chi connectivity index (χ0v) is 16.1. The number of carboxylic acids is 1. The number of nitrogens with two attached hydrogens (primary N) is 1. The van der Waals surface area contributed by atoms with Crippen LogP contribution in [0.1, 0.15) is 37.1 Å². The number of aryl methyl sites for hydroxylation is 1. The molecule has 1 heterocycles. The van der Waals surface area contributed by atoms with Gasteiger partial charge in [-0.2, -0.15) is 24.9 Å². The summed E-state index contributed by atoms with van der Waals surface area (Å²) in [6.45, 7) is 1.99. The number of nitrogens with one attached hydrogen (secondary N) is 1. The maximum absolute atomic E-state index is 12.1. The topological polar surface area (TPSA) is 109 Å². The van der Waals surface area contributed by atoms with Crippen molar-refractivity contribution in [2.45, 2.75) is 55.8 Å². The number of halogens is 3. The first-order chi connectivity index (χ1) is 13.1. The fourth-order valence-electron chi connectivity index (χ4n) is 2.87. The molecule has 1 aliphatic carbocycles. The number of carbonyl (C=O) groups is 1. The summed E-state index contributed by atoms with van der Waals surface area (Å²) in [4.78, 5) is 28.6. The number of nitrogens with zero attached hydrogens (tertiary/aromatic N) is 1. The second kappa shape index (κ2) is 9.42. The standard InChI is InChI=1S/C16H21N3OS.C2HF3O2/c1-10-3-2-4-13-15(10)18-14(19-16(13)20)9-21-12-7-5-11(17)6-8-12;3-2(4,5)1(6)7/h2-4,11-12H,5-9,17H2,1H3,(H,18,19,20);(H,6,7). The fraction of sp³-hybridized carbons (Fsp3) is 0.500. The third kappa shape index (κ3) is 6.23. The normalized spacial score (nSPS) is 19.8. The maximum atomic E-state index is 12.1. The molecule has 28 heavy (non-hydrogen) atoms. The van der Waals surface area contributed by atoms with E-state index in [0.717, 1.165) is 35.5 Å². The first-order valence-corrected chi connectivity index (χ1v) is 9.78. The van der Waals surface area contributed by atoms with Crippen molar-refractivity contribution in [1.29, 1.82) is 0 Å². The Balaban J connectivity index is 0.000000345. The van der Waals surface area contributed by atoms with E-state index >= 15 is 0 Å². The van der Waals surface area contributed by atoms with E-state index in [9.17, 15) is 18.0 Å². The number of rotatable bonds is 3. The Kier molecular flexibility index (Phi) is 7.48. The molecule has 1 aromatic heterocycles. The highest BCUT2D eigenvalue weighted by molar-refractivity contribution is 7.99. The lowest BCUT2D eigenvalue weighted by Gasteiger charge is -2.25. The molecule has 1 aliphatic rings. The van der Waals surface area contributed by atoms with Crippen LogP contribution in [-0.4, -0.2) is 38.5 Å². The summed E-state index contributed by atoms with van der Waals surface area (Å²) in [6.07, 6.45) is -0.526. The lowest BCUT2D eigenvalue weighted by molar-refractivity contribution is -0.192. The first-order valence-electron chi connectivity index (χ1n) is 8.73. The molecule has 0 saturated heterocycles. The number of benzene rings is 1. The van der Waals surface area contributed by atoms with E-state index in [1.807, 2.05) is 36.9 Å². The second-order valence-electron chi connectivity index (χ2n) is 6.63. The van der Waals surface area contributed by atoms with Gasteiger partial charge in [-0.25, -0.2) is 9.78 Å². The Morgan fingerprint density at radius 3 is 2.50 bits per heavy atom. The molecule has 1 fully saturated rings. The predicted octanol–water partition coefficient (Wildman–Crippen LogP) is 3.37. The van der Waals surface area contributed by atoms with Gasteiger partial charge in [0.2, 0.25) is 0 Å². The molecule has 10 heteroatoms. The smallest absolute Gasteiger partial charge is 0.475 e. The number of alkyl halides is 3. The number of fused-ring (bicyclic) bond motifs is 1. The highest BCUT2D eigenvalue weighted by Crippen LogP contribution is 2.29. The van der Waals surface area contributed by atoms with Gasteiger partial charge in [0.1, 0.15) is 5.82 Å². The molecule has 0 spiro atoms. The highest BCUT2D eigenvalue weighted by atomic mass is 32.2. The van der Waals surface area contributed by atoms with Crippen LogP contribution >= 0.6 is 11.8 Å². The Morgan fingerprint density at radius 1 is 1.32 bits per heavy atom. The van der Waals surface area contributed by atoms with Crippen LogP contribution < -0.4 is 11.3 Å². The van der Waals surface area contributed by atoms with E-state index in [0.29, 0.717) is 16.7 Å². The van der Waals surface area contributed by atoms with Crippen molar-refractivity contribution in [3.05, 3.63) is 39.9 Å². The average Bonchev–Trinajstić information content (AvgIpc) is 2.62. The van der Waals surface area contributed by atoms with E-state index in [1.165, 1.54) is 12.8 Å². The summed E-state index contributed by atoms with van der Waals surface area (Å²) in [5.41, 5.74) is 7.77. The molecule has 4 N–H and O–H groups in total. The quantitative estimate of drug-likeness (QED) is 0.707. The Bertz CT molecular complexity index is 878. The van der Waals surface area contributed by atoms with Crippen molar-refractivity contribution in [1.82, 2.24) is 9.97 Å². The van der Waals surface area contributed by atoms with Crippen LogP contribution in [0.15, 0.2) is 23.0 Å². The van der Waals surface area contributed by atoms with Crippen LogP contribution in [0.25, 0.3) is 10.9 Å². The van der Waals surface area contributed by atoms with Gasteiger partial charge in [0, 0.05) is 11.3 Å². The minimum absolute atomic E-state index is 0.0371. The molecule has 0 unspecified atom stereocenters. The summed E-state index contributed by atoms with van der Waals surface area (Å²) in [7, 11) is 0. The van der Waals surface area contributed by atoms with Crippen molar-refractivity contribution >= 4 is 28.6 Å². The maximum Gasteiger partial charge on any atom is 0.490 e. The molecule has 0 amide bonds. The molecule has 1 aromatic carbocycles. The number of para-hydroxylation sites is 1. The highest BCUT2D eigenvalue weighted by Gasteiger charge is 2.38. The SMILES string of the molecule is Cc1cccc2c(=O)[nH]c(CSC3CCC(N)CC3)nc12.O=C(O)C(F)(F)F. The van der Waals surface area contributed by atoms with Gasteiger partial charge >= 0.3 is 12.1 Å². The summed E-state index contributed by atoms with van der Waals surface area (Å²) >= 11 is 1.89. The molecule has 0 aliphatic heterocycles. The third-order valence-electron chi connectivity index (χ3n) is 4.40. The van der Waals surface area contributed by atoms with Gasteiger partial charge in [-0.05, 0) is 44.2 Å². The average molecular weight is 417 g/mol. The van der Waals surface area contributed by atoms with Gasteiger partial charge < -0.3 is 15.8 Å². The molecule has 0 radical (unpaired) electrons. The fourth-order valence-corrected chi connectivity index (χ4v) is 4.01. The number of aliphatic carboxylic acids is 1. The number of hydrogen-bond acceptors (Lipinski definition) is 5. The van der Waals surface area contributed by atoms with E-state index in [2.05, 4.69) is 9.97 Å². The predicted molar refractivity (Wildman–Crippen MR) is 102 cm³/mol. The molecule has 1 saturated carbocycles. The Labute approximate surface area is 163 Å². The Morgan fingerprint density at radius 2 is 1.93 bits per heavy atom. The molecule has 154 valence electrons. The third-order valence-corrected chi connectivity index (χ3v) is 5.79. The summed E-state index contributed by atoms with van der Waals surface area (Å²) in [5.74, 6) is -1.21. The van der Waals surface area contributed by atoms with Crippen LogP contribution in [0, 0.1) is 6.92 Å². The van der Waals surface area contributed by atoms with Crippen molar-refractivity contribution < 1.29 is 23.1 Å². The largest absolute Gasteiger partial charge is 0.490 e. The van der Waals surface area contributed by atoms with E-state index in [4.69, 9.17) is 15.6 Å². The molecular formula is C18H22F3N3O3S. The van der Waals surface area contributed by atoms with Crippen LogP contribution in [-0.2, 0) is 10.5 Å². The lowest BCUT2D eigenvalue weighted by Crippen LogP contribution is -2.27. The van der Waals surface area contributed by atoms with Crippen molar-refractivity contribution in [2.75, 3.05) is 0 Å². The minimum Gasteiger partial charge on any atom is -0.475 e. The van der Waals surface area contributed by atoms with Gasteiger partial charge in [-0.1, -0.05) is 12.1 Å². The molecule has 0 atom stereocenters. The second-order valence-corrected chi connectivity index (χ2v) is 7.92. The van der Waals surface area contributed by atoms with Gasteiger partial charge in [0.05, 0.1) is 16.7 Å². The zero-order chi connectivity index (χ0) is 20.9. The molecule has 3 rings (SSSR count). The zero-order valence-electron chi connectivity index (χ0n) is 15.3.